The van der Waals surface area contributed by atoms with Gasteiger partial charge in [0.05, 0.1) is 5.75 Å². The second-order valence-electron chi connectivity index (χ2n) is 4.29. The third-order valence-corrected chi connectivity index (χ3v) is 5.69. The first-order valence-electron chi connectivity index (χ1n) is 6.35. The summed E-state index contributed by atoms with van der Waals surface area (Å²) in [7, 11) is -2.78. The van der Waals surface area contributed by atoms with Crippen molar-refractivity contribution in [2.45, 2.75) is 13.3 Å². The average Bonchev–Trinajstić information content (AvgIpc) is 2.35. The van der Waals surface area contributed by atoms with Crippen LogP contribution in [0.4, 0.5) is 0 Å². The molecule has 0 aromatic rings. The fourth-order valence-corrected chi connectivity index (χ4v) is 3.60. The lowest BCUT2D eigenvalue weighted by Crippen LogP contribution is -2.38. The molecule has 1 rings (SSSR count). The Kier molecular flexibility index (Phi) is 7.50. The summed E-state index contributed by atoms with van der Waals surface area (Å²) in [6.45, 7) is 6.95. The van der Waals surface area contributed by atoms with Crippen molar-refractivity contribution in [2.24, 2.45) is 0 Å². The van der Waals surface area contributed by atoms with Crippen LogP contribution in [-0.4, -0.2) is 69.1 Å². The third-order valence-electron chi connectivity index (χ3n) is 2.96. The van der Waals surface area contributed by atoms with E-state index >= 15 is 0 Å². The zero-order chi connectivity index (χ0) is 12.6. The molecule has 0 amide bonds. The highest BCUT2D eigenvalue weighted by Gasteiger charge is 2.09. The summed E-state index contributed by atoms with van der Waals surface area (Å²) in [5.41, 5.74) is 0. The summed E-state index contributed by atoms with van der Waals surface area (Å²) in [4.78, 5) is 2.46. The van der Waals surface area contributed by atoms with Gasteiger partial charge in [0.2, 0.25) is 0 Å². The molecule has 0 radical (unpaired) electrons. The van der Waals surface area contributed by atoms with Gasteiger partial charge >= 0.3 is 0 Å². The van der Waals surface area contributed by atoms with Gasteiger partial charge < -0.3 is 10.2 Å². The second-order valence-corrected chi connectivity index (χ2v) is 7.99. The molecule has 102 valence electrons. The van der Waals surface area contributed by atoms with E-state index < -0.39 is 9.84 Å². The van der Waals surface area contributed by atoms with Crippen LogP contribution in [-0.2, 0) is 9.84 Å². The normalized spacial score (nSPS) is 18.4. The monoisotopic (exact) mass is 280 g/mol. The van der Waals surface area contributed by atoms with Crippen LogP contribution in [0, 0.1) is 0 Å². The molecule has 0 bridgehead atoms. The first kappa shape index (κ1) is 15.3. The lowest BCUT2D eigenvalue weighted by molar-refractivity contribution is 0.301. The van der Waals surface area contributed by atoms with Crippen LogP contribution in [0.25, 0.3) is 0 Å². The summed E-state index contributed by atoms with van der Waals surface area (Å²) < 4.78 is 22.5. The van der Waals surface area contributed by atoms with Crippen molar-refractivity contribution >= 4 is 21.6 Å². The zero-order valence-electron chi connectivity index (χ0n) is 10.7. The number of nitrogens with one attached hydrogen (secondary N) is 1. The van der Waals surface area contributed by atoms with Crippen LogP contribution < -0.4 is 5.32 Å². The van der Waals surface area contributed by atoms with Crippen LogP contribution in [0.15, 0.2) is 0 Å². The molecule has 0 spiro atoms. The summed E-state index contributed by atoms with van der Waals surface area (Å²) in [6.07, 6.45) is 0.728. The highest BCUT2D eigenvalue weighted by atomic mass is 32.2. The molecular formula is C11H24N2O2S2. The number of rotatable bonds is 8. The molecule has 1 aliphatic rings. The summed E-state index contributed by atoms with van der Waals surface area (Å²) in [6, 6.07) is 0. The molecule has 1 heterocycles. The van der Waals surface area contributed by atoms with Gasteiger partial charge in [0.1, 0.15) is 9.84 Å². The third kappa shape index (κ3) is 7.28. The smallest absolute Gasteiger partial charge is 0.150 e. The molecule has 0 aromatic carbocycles. The quantitative estimate of drug-likeness (QED) is 0.654. The first-order chi connectivity index (χ1) is 8.14. The van der Waals surface area contributed by atoms with Gasteiger partial charge in [0, 0.05) is 43.4 Å². The maximum atomic E-state index is 11.2. The number of sulfone groups is 1. The van der Waals surface area contributed by atoms with E-state index in [1.165, 1.54) is 24.6 Å². The lowest BCUT2D eigenvalue weighted by Gasteiger charge is -2.26. The Morgan fingerprint density at radius 1 is 1.24 bits per heavy atom. The van der Waals surface area contributed by atoms with E-state index in [2.05, 4.69) is 10.2 Å². The van der Waals surface area contributed by atoms with E-state index in [0.717, 1.165) is 26.1 Å². The van der Waals surface area contributed by atoms with Crippen LogP contribution in [0.3, 0.4) is 0 Å². The van der Waals surface area contributed by atoms with Crippen LogP contribution >= 0.6 is 11.8 Å². The van der Waals surface area contributed by atoms with E-state index in [-0.39, 0.29) is 5.75 Å². The Morgan fingerprint density at radius 3 is 2.59 bits per heavy atom. The second kappa shape index (κ2) is 8.34. The van der Waals surface area contributed by atoms with Gasteiger partial charge in [-0.1, -0.05) is 6.92 Å². The molecule has 0 unspecified atom stereocenters. The predicted molar refractivity (Wildman–Crippen MR) is 75.6 cm³/mol. The number of thioether (sulfide) groups is 1. The molecule has 0 atom stereocenters. The van der Waals surface area contributed by atoms with Gasteiger partial charge in [-0.05, 0) is 13.0 Å². The first-order valence-corrected chi connectivity index (χ1v) is 9.33. The van der Waals surface area contributed by atoms with Gasteiger partial charge in [-0.3, -0.25) is 0 Å². The molecule has 17 heavy (non-hydrogen) atoms. The van der Waals surface area contributed by atoms with Crippen molar-refractivity contribution in [1.82, 2.24) is 10.2 Å². The topological polar surface area (TPSA) is 49.4 Å². The average molecular weight is 280 g/mol. The minimum Gasteiger partial charge on any atom is -0.315 e. The van der Waals surface area contributed by atoms with E-state index in [0.29, 0.717) is 5.75 Å². The summed E-state index contributed by atoms with van der Waals surface area (Å²) >= 11 is 2.02. The van der Waals surface area contributed by atoms with Crippen molar-refractivity contribution in [2.75, 3.05) is 55.7 Å². The molecule has 1 saturated heterocycles. The Balaban J connectivity index is 1.94. The summed E-state index contributed by atoms with van der Waals surface area (Å²) in [5, 5.41) is 3.32. The van der Waals surface area contributed by atoms with Gasteiger partial charge in [-0.2, -0.15) is 11.8 Å². The maximum absolute atomic E-state index is 11.2. The van der Waals surface area contributed by atoms with Crippen molar-refractivity contribution in [3.8, 4) is 0 Å². The number of hydrogen-bond donors (Lipinski definition) is 1. The molecule has 0 saturated carbocycles. The molecular weight excluding hydrogens is 256 g/mol. The Hall–Kier alpha value is 0.220. The molecule has 1 N–H and O–H groups in total. The molecule has 0 aromatic heterocycles. The number of nitrogens with zero attached hydrogens (tertiary/aromatic N) is 1. The van der Waals surface area contributed by atoms with Crippen LogP contribution in [0.1, 0.15) is 13.3 Å². The molecule has 0 aliphatic carbocycles. The fraction of sp³-hybridized carbons (Fsp3) is 1.00. The van der Waals surface area contributed by atoms with Crippen molar-refractivity contribution in [1.29, 1.82) is 0 Å². The van der Waals surface area contributed by atoms with Gasteiger partial charge in [0.15, 0.2) is 0 Å². The van der Waals surface area contributed by atoms with E-state index in [4.69, 9.17) is 0 Å². The molecule has 6 heteroatoms. The molecule has 1 fully saturated rings. The van der Waals surface area contributed by atoms with Gasteiger partial charge in [0.25, 0.3) is 0 Å². The minimum absolute atomic E-state index is 0.262. The van der Waals surface area contributed by atoms with Crippen molar-refractivity contribution < 1.29 is 8.42 Å². The standard InChI is InChI=1S/C11H24N2O2S2/c1-2-17(14,15)11-3-4-12-5-6-13-7-9-16-10-8-13/h12H,2-11H2,1H3. The summed E-state index contributed by atoms with van der Waals surface area (Å²) in [5.74, 6) is 3.07. The largest absolute Gasteiger partial charge is 0.315 e. The SMILES string of the molecule is CCS(=O)(=O)CCCNCCN1CCSCC1. The van der Waals surface area contributed by atoms with E-state index in [9.17, 15) is 8.42 Å². The Morgan fingerprint density at radius 2 is 1.94 bits per heavy atom. The van der Waals surface area contributed by atoms with Gasteiger partial charge in [-0.15, -0.1) is 0 Å². The lowest BCUT2D eigenvalue weighted by atomic mass is 10.4. The highest BCUT2D eigenvalue weighted by Crippen LogP contribution is 2.07. The van der Waals surface area contributed by atoms with E-state index in [1.807, 2.05) is 11.8 Å². The Bertz CT molecular complexity index is 288. The Labute approximate surface area is 109 Å². The zero-order valence-corrected chi connectivity index (χ0v) is 12.3. The van der Waals surface area contributed by atoms with Crippen LogP contribution in [0.5, 0.6) is 0 Å². The van der Waals surface area contributed by atoms with Gasteiger partial charge in [-0.25, -0.2) is 8.42 Å². The van der Waals surface area contributed by atoms with Crippen molar-refractivity contribution in [3.05, 3.63) is 0 Å². The predicted octanol–water partition coefficient (Wildman–Crippen LogP) is 0.450. The van der Waals surface area contributed by atoms with Crippen molar-refractivity contribution in [3.63, 3.8) is 0 Å². The van der Waals surface area contributed by atoms with Crippen LogP contribution in [0.2, 0.25) is 0 Å². The maximum Gasteiger partial charge on any atom is 0.150 e. The minimum atomic E-state index is -2.78. The fourth-order valence-electron chi connectivity index (χ4n) is 1.75. The number of hydrogen-bond acceptors (Lipinski definition) is 5. The molecule has 1 aliphatic heterocycles. The molecule has 4 nitrogen and oxygen atoms in total. The highest BCUT2D eigenvalue weighted by molar-refractivity contribution is 7.99. The van der Waals surface area contributed by atoms with E-state index in [1.54, 1.807) is 6.92 Å².